The Morgan fingerprint density at radius 1 is 1.57 bits per heavy atom. The summed E-state index contributed by atoms with van der Waals surface area (Å²) < 4.78 is 0. The van der Waals surface area contributed by atoms with Gasteiger partial charge in [-0.15, -0.1) is 0 Å². The van der Waals surface area contributed by atoms with Crippen LogP contribution < -0.4 is 0 Å². The van der Waals surface area contributed by atoms with Crippen molar-refractivity contribution in [3.63, 3.8) is 0 Å². The number of hydrogen-bond donors (Lipinski definition) is 1. The van der Waals surface area contributed by atoms with E-state index in [2.05, 4.69) is 0 Å². The number of amides is 3. The van der Waals surface area contributed by atoms with E-state index in [4.69, 9.17) is 5.11 Å². The van der Waals surface area contributed by atoms with Crippen LogP contribution in [0, 0.1) is 0 Å². The molecule has 0 aliphatic carbocycles. The van der Waals surface area contributed by atoms with Crippen LogP contribution in [0.25, 0.3) is 0 Å². The maximum absolute atomic E-state index is 11.5. The van der Waals surface area contributed by atoms with Crippen LogP contribution in [0.15, 0.2) is 12.2 Å². The minimum Gasteiger partial charge on any atom is -0.480 e. The molecule has 2 aliphatic heterocycles. The molecule has 0 aromatic rings. The van der Waals surface area contributed by atoms with Crippen molar-refractivity contribution in [2.24, 2.45) is 0 Å². The fraction of sp³-hybridized carbons (Fsp3) is 0.375. The number of urea groups is 1. The Bertz CT molecular complexity index is 349. The summed E-state index contributed by atoms with van der Waals surface area (Å²) in [6.07, 6.45) is 3.33. The number of nitrogens with zero attached hydrogens (tertiary/aromatic N) is 2. The summed E-state index contributed by atoms with van der Waals surface area (Å²) in [6.45, 7) is -0.177. The predicted octanol–water partition coefficient (Wildman–Crippen LogP) is -0.726. The molecule has 6 nitrogen and oxygen atoms in total. The van der Waals surface area contributed by atoms with E-state index in [-0.39, 0.29) is 0 Å². The maximum Gasteiger partial charge on any atom is 0.328 e. The quantitative estimate of drug-likeness (QED) is 0.466. The van der Waals surface area contributed by atoms with Gasteiger partial charge >= 0.3 is 12.0 Å². The second kappa shape index (κ2) is 2.83. The van der Waals surface area contributed by atoms with E-state index in [9.17, 15) is 14.4 Å². The fourth-order valence-electron chi connectivity index (χ4n) is 1.62. The Morgan fingerprint density at radius 2 is 2.29 bits per heavy atom. The molecular formula is C8H8N2O4. The average molecular weight is 196 g/mol. The lowest BCUT2D eigenvalue weighted by Crippen LogP contribution is -2.36. The van der Waals surface area contributed by atoms with Gasteiger partial charge in [-0.3, -0.25) is 14.5 Å². The lowest BCUT2D eigenvalue weighted by atomic mass is 10.3. The second-order valence-corrected chi connectivity index (χ2v) is 3.13. The molecule has 0 saturated carbocycles. The number of imide groups is 1. The molecule has 1 atom stereocenters. The Hall–Kier alpha value is -1.85. The van der Waals surface area contributed by atoms with Gasteiger partial charge in [0, 0.05) is 6.54 Å². The zero-order chi connectivity index (χ0) is 10.3. The van der Waals surface area contributed by atoms with Crippen molar-refractivity contribution in [1.82, 2.24) is 9.80 Å². The van der Waals surface area contributed by atoms with E-state index in [0.717, 1.165) is 4.90 Å². The molecule has 0 spiro atoms. The largest absolute Gasteiger partial charge is 0.480 e. The highest BCUT2D eigenvalue weighted by molar-refractivity contribution is 6.07. The highest BCUT2D eigenvalue weighted by atomic mass is 16.4. The maximum atomic E-state index is 11.5. The van der Waals surface area contributed by atoms with Gasteiger partial charge in [-0.1, -0.05) is 12.2 Å². The van der Waals surface area contributed by atoms with Gasteiger partial charge < -0.3 is 10.0 Å². The van der Waals surface area contributed by atoms with Crippen LogP contribution in [-0.4, -0.2) is 51.9 Å². The van der Waals surface area contributed by atoms with Crippen molar-refractivity contribution in [1.29, 1.82) is 0 Å². The molecule has 0 aromatic heterocycles. The van der Waals surface area contributed by atoms with Crippen LogP contribution in [0.4, 0.5) is 4.79 Å². The van der Waals surface area contributed by atoms with Gasteiger partial charge in [0.05, 0.1) is 0 Å². The molecule has 0 radical (unpaired) electrons. The van der Waals surface area contributed by atoms with Crippen LogP contribution in [0.5, 0.6) is 0 Å². The zero-order valence-corrected chi connectivity index (χ0v) is 7.21. The van der Waals surface area contributed by atoms with Gasteiger partial charge in [-0.05, 0) is 0 Å². The highest BCUT2D eigenvalue weighted by Gasteiger charge is 2.45. The summed E-state index contributed by atoms with van der Waals surface area (Å²) >= 11 is 0. The highest BCUT2D eigenvalue weighted by Crippen LogP contribution is 2.22. The molecule has 1 unspecified atom stereocenters. The smallest absolute Gasteiger partial charge is 0.328 e. The van der Waals surface area contributed by atoms with Gasteiger partial charge in [-0.2, -0.15) is 0 Å². The van der Waals surface area contributed by atoms with E-state index < -0.39 is 30.5 Å². The van der Waals surface area contributed by atoms with Gasteiger partial charge in [0.2, 0.25) is 0 Å². The molecular weight excluding hydrogens is 188 g/mol. The van der Waals surface area contributed by atoms with E-state index >= 15 is 0 Å². The lowest BCUT2D eigenvalue weighted by molar-refractivity contribution is -0.141. The SMILES string of the molecule is O=C(O)CN1C(=O)C2C=CCN2C1=O. The molecule has 2 heterocycles. The monoisotopic (exact) mass is 196 g/mol. The molecule has 2 aliphatic rings. The lowest BCUT2D eigenvalue weighted by Gasteiger charge is -2.12. The van der Waals surface area contributed by atoms with Gasteiger partial charge in [0.1, 0.15) is 12.6 Å². The first-order valence-electron chi connectivity index (χ1n) is 4.11. The van der Waals surface area contributed by atoms with Crippen LogP contribution >= 0.6 is 0 Å². The van der Waals surface area contributed by atoms with Crippen LogP contribution in [0.3, 0.4) is 0 Å². The molecule has 0 bridgehead atoms. The third-order valence-electron chi connectivity index (χ3n) is 2.25. The summed E-state index contributed by atoms with van der Waals surface area (Å²) in [7, 11) is 0. The van der Waals surface area contributed by atoms with Gasteiger partial charge in [0.15, 0.2) is 0 Å². The number of hydrogen-bond acceptors (Lipinski definition) is 3. The Morgan fingerprint density at radius 3 is 2.86 bits per heavy atom. The first-order chi connectivity index (χ1) is 6.61. The summed E-state index contributed by atoms with van der Waals surface area (Å²) in [5.74, 6) is -1.64. The molecule has 74 valence electrons. The Balaban J connectivity index is 2.21. The van der Waals surface area contributed by atoms with E-state index in [1.807, 2.05) is 0 Å². The number of fused-ring (bicyclic) bond motifs is 1. The first kappa shape index (κ1) is 8.74. The molecule has 1 saturated heterocycles. The molecule has 2 rings (SSSR count). The Labute approximate surface area is 79.4 Å². The van der Waals surface area contributed by atoms with Crippen LogP contribution in [0.1, 0.15) is 0 Å². The molecule has 1 fully saturated rings. The number of rotatable bonds is 2. The average Bonchev–Trinajstić information content (AvgIpc) is 2.65. The van der Waals surface area contributed by atoms with Crippen molar-refractivity contribution < 1.29 is 19.5 Å². The van der Waals surface area contributed by atoms with Crippen molar-refractivity contribution in [2.75, 3.05) is 13.1 Å². The molecule has 6 heteroatoms. The molecule has 1 N–H and O–H groups in total. The topological polar surface area (TPSA) is 77.9 Å². The summed E-state index contributed by atoms with van der Waals surface area (Å²) in [5.41, 5.74) is 0. The number of carboxylic acids is 1. The minimum atomic E-state index is -1.18. The van der Waals surface area contributed by atoms with Gasteiger partial charge in [-0.25, -0.2) is 4.79 Å². The summed E-state index contributed by atoms with van der Waals surface area (Å²) in [4.78, 5) is 35.4. The second-order valence-electron chi connectivity index (χ2n) is 3.13. The van der Waals surface area contributed by atoms with Crippen molar-refractivity contribution in [3.8, 4) is 0 Å². The molecule has 14 heavy (non-hydrogen) atoms. The number of carbonyl (C=O) groups excluding carboxylic acids is 2. The van der Waals surface area contributed by atoms with Crippen LogP contribution in [-0.2, 0) is 9.59 Å². The standard InChI is InChI=1S/C8H8N2O4/c11-6(12)4-10-7(13)5-2-1-3-9(5)8(10)14/h1-2,5H,3-4H2,(H,11,12). The zero-order valence-electron chi connectivity index (χ0n) is 7.21. The number of aliphatic carboxylic acids is 1. The third-order valence-corrected chi connectivity index (χ3v) is 2.25. The fourth-order valence-corrected chi connectivity index (χ4v) is 1.62. The van der Waals surface area contributed by atoms with Crippen LogP contribution in [0.2, 0.25) is 0 Å². The summed E-state index contributed by atoms with van der Waals surface area (Å²) in [6, 6.07) is -1.10. The first-order valence-corrected chi connectivity index (χ1v) is 4.11. The Kier molecular flexibility index (Phi) is 1.77. The third kappa shape index (κ3) is 1.07. The number of carboxylic acid groups (broad SMARTS) is 1. The minimum absolute atomic E-state index is 0.380. The van der Waals surface area contributed by atoms with Crippen molar-refractivity contribution in [2.45, 2.75) is 6.04 Å². The normalized spacial score (nSPS) is 24.7. The van der Waals surface area contributed by atoms with E-state index in [1.165, 1.54) is 4.90 Å². The number of carbonyl (C=O) groups is 3. The van der Waals surface area contributed by atoms with E-state index in [1.54, 1.807) is 12.2 Å². The van der Waals surface area contributed by atoms with Crippen molar-refractivity contribution >= 4 is 17.9 Å². The van der Waals surface area contributed by atoms with Crippen molar-refractivity contribution in [3.05, 3.63) is 12.2 Å². The predicted molar refractivity (Wildman–Crippen MR) is 44.4 cm³/mol. The molecule has 0 aromatic carbocycles. The summed E-state index contributed by atoms with van der Waals surface area (Å²) in [5, 5.41) is 8.49. The molecule has 3 amide bonds. The van der Waals surface area contributed by atoms with Gasteiger partial charge in [0.25, 0.3) is 5.91 Å². The van der Waals surface area contributed by atoms with E-state index in [0.29, 0.717) is 6.54 Å².